The van der Waals surface area contributed by atoms with Crippen LogP contribution in [0.4, 0.5) is 5.69 Å². The van der Waals surface area contributed by atoms with Gasteiger partial charge in [0.05, 0.1) is 6.61 Å². The van der Waals surface area contributed by atoms with Gasteiger partial charge in [-0.25, -0.2) is 0 Å². The van der Waals surface area contributed by atoms with Crippen LogP contribution in [0.1, 0.15) is 121 Å². The van der Waals surface area contributed by atoms with E-state index < -0.39 is 11.9 Å². The molecule has 0 aliphatic carbocycles. The van der Waals surface area contributed by atoms with Gasteiger partial charge in [0.1, 0.15) is 5.92 Å². The van der Waals surface area contributed by atoms with Crippen LogP contribution in [-0.2, 0) is 9.53 Å². The molecule has 1 atom stereocenters. The third kappa shape index (κ3) is 12.9. The number of unbranched alkanes of at least 4 members (excludes halogenated alkanes) is 13. The summed E-state index contributed by atoms with van der Waals surface area (Å²) < 4.78 is 4.94. The average molecular weight is 446 g/mol. The van der Waals surface area contributed by atoms with Crippen LogP contribution in [0.5, 0.6) is 0 Å². The summed E-state index contributed by atoms with van der Waals surface area (Å²) in [6.45, 7) is 6.86. The lowest BCUT2D eigenvalue weighted by molar-refractivity contribution is -0.145. The van der Waals surface area contributed by atoms with Gasteiger partial charge in [-0.15, -0.1) is 0 Å². The Balaban J connectivity index is 2.02. The molecule has 4 nitrogen and oxygen atoms in total. The second kappa shape index (κ2) is 18.7. The van der Waals surface area contributed by atoms with E-state index in [1.807, 2.05) is 12.1 Å². The maximum absolute atomic E-state index is 12.4. The van der Waals surface area contributed by atoms with Gasteiger partial charge in [0, 0.05) is 17.8 Å². The lowest BCUT2D eigenvalue weighted by Gasteiger charge is -2.11. The Hall–Kier alpha value is -1.84. The van der Waals surface area contributed by atoms with E-state index in [0.717, 1.165) is 12.2 Å². The van der Waals surface area contributed by atoms with Gasteiger partial charge >= 0.3 is 5.97 Å². The van der Waals surface area contributed by atoms with E-state index >= 15 is 0 Å². The van der Waals surface area contributed by atoms with Gasteiger partial charge in [-0.2, -0.15) is 0 Å². The minimum absolute atomic E-state index is 0.193. The van der Waals surface area contributed by atoms with Gasteiger partial charge in [0.15, 0.2) is 5.78 Å². The normalized spacial score (nSPS) is 11.8. The van der Waals surface area contributed by atoms with Crippen LogP contribution < -0.4 is 5.32 Å². The molecular formula is C28H47NO3. The van der Waals surface area contributed by atoms with Crippen LogP contribution >= 0.6 is 0 Å². The van der Waals surface area contributed by atoms with Crippen molar-refractivity contribution in [2.45, 2.75) is 111 Å². The fourth-order valence-electron chi connectivity index (χ4n) is 3.93. The summed E-state index contributed by atoms with van der Waals surface area (Å²) in [7, 11) is 0. The highest BCUT2D eigenvalue weighted by Gasteiger charge is 2.23. The second-order valence-electron chi connectivity index (χ2n) is 8.94. The van der Waals surface area contributed by atoms with Crippen LogP contribution in [0.3, 0.4) is 0 Å². The Morgan fingerprint density at radius 1 is 0.750 bits per heavy atom. The molecule has 0 heterocycles. The van der Waals surface area contributed by atoms with Crippen LogP contribution in [0.15, 0.2) is 24.3 Å². The van der Waals surface area contributed by atoms with Crippen LogP contribution in [0, 0.1) is 5.92 Å². The van der Waals surface area contributed by atoms with Crippen molar-refractivity contribution >= 4 is 17.4 Å². The van der Waals surface area contributed by atoms with Crippen molar-refractivity contribution in [1.82, 2.24) is 0 Å². The lowest BCUT2D eigenvalue weighted by atomic mass is 9.99. The van der Waals surface area contributed by atoms with Crippen LogP contribution in [0.25, 0.3) is 0 Å². The van der Waals surface area contributed by atoms with Crippen molar-refractivity contribution in [2.24, 2.45) is 5.92 Å². The molecule has 1 unspecified atom stereocenters. The Morgan fingerprint density at radius 2 is 1.22 bits per heavy atom. The van der Waals surface area contributed by atoms with Crippen LogP contribution in [-0.4, -0.2) is 24.9 Å². The standard InChI is InChI=1S/C28H47NO3/c1-4-6-7-8-9-10-11-12-13-14-15-16-17-18-23-29-26-21-19-25(20-22-26)27(30)24(3)28(31)32-5-2/h19-22,24,29H,4-18,23H2,1-3H3. The number of hydrogen-bond donors (Lipinski definition) is 1. The summed E-state index contributed by atoms with van der Waals surface area (Å²) in [5.74, 6) is -1.41. The van der Waals surface area contributed by atoms with Gasteiger partial charge in [0.25, 0.3) is 0 Å². The molecule has 0 aliphatic rings. The number of hydrogen-bond acceptors (Lipinski definition) is 4. The van der Waals surface area contributed by atoms with E-state index in [4.69, 9.17) is 4.74 Å². The van der Waals surface area contributed by atoms with E-state index in [1.165, 1.54) is 89.9 Å². The zero-order valence-corrected chi connectivity index (χ0v) is 20.9. The first-order valence-electron chi connectivity index (χ1n) is 13.1. The van der Waals surface area contributed by atoms with Gasteiger partial charge in [0.2, 0.25) is 0 Å². The molecule has 0 amide bonds. The molecule has 1 rings (SSSR count). The molecule has 0 saturated carbocycles. The summed E-state index contributed by atoms with van der Waals surface area (Å²) >= 11 is 0. The summed E-state index contributed by atoms with van der Waals surface area (Å²) in [5, 5.41) is 3.42. The van der Waals surface area contributed by atoms with Crippen molar-refractivity contribution in [3.63, 3.8) is 0 Å². The van der Waals surface area contributed by atoms with E-state index in [-0.39, 0.29) is 5.78 Å². The zero-order valence-electron chi connectivity index (χ0n) is 20.9. The third-order valence-corrected chi connectivity index (χ3v) is 6.06. The summed E-state index contributed by atoms with van der Waals surface area (Å²) in [5.41, 5.74) is 1.56. The first-order valence-corrected chi connectivity index (χ1v) is 13.1. The van der Waals surface area contributed by atoms with Crippen molar-refractivity contribution in [1.29, 1.82) is 0 Å². The smallest absolute Gasteiger partial charge is 0.316 e. The molecule has 1 aromatic rings. The molecule has 4 heteroatoms. The maximum atomic E-state index is 12.4. The molecule has 0 bridgehead atoms. The minimum Gasteiger partial charge on any atom is -0.465 e. The molecule has 0 aliphatic heterocycles. The van der Waals surface area contributed by atoms with E-state index in [1.54, 1.807) is 26.0 Å². The molecule has 1 aromatic carbocycles. The fraction of sp³-hybridized carbons (Fsp3) is 0.714. The zero-order chi connectivity index (χ0) is 23.4. The van der Waals surface area contributed by atoms with E-state index in [2.05, 4.69) is 12.2 Å². The summed E-state index contributed by atoms with van der Waals surface area (Å²) in [6, 6.07) is 7.39. The van der Waals surface area contributed by atoms with Gasteiger partial charge in [-0.1, -0.05) is 90.4 Å². The molecule has 182 valence electrons. The number of Topliss-reactive ketones (excluding diaryl/α,β-unsaturated/α-hetero) is 1. The lowest BCUT2D eigenvalue weighted by Crippen LogP contribution is -2.23. The molecule has 0 saturated heterocycles. The number of anilines is 1. The predicted molar refractivity (Wildman–Crippen MR) is 135 cm³/mol. The number of ketones is 1. The van der Waals surface area contributed by atoms with E-state index in [9.17, 15) is 9.59 Å². The molecular weight excluding hydrogens is 398 g/mol. The summed E-state index contributed by atoms with van der Waals surface area (Å²) in [6.07, 6.45) is 19.1. The monoisotopic (exact) mass is 445 g/mol. The van der Waals surface area contributed by atoms with Gasteiger partial charge in [-0.05, 0) is 44.5 Å². The first kappa shape index (κ1) is 28.2. The SMILES string of the molecule is CCCCCCCCCCCCCCCCNc1ccc(C(=O)C(C)C(=O)OCC)cc1. The Labute approximate surface area is 196 Å². The molecule has 0 aromatic heterocycles. The highest BCUT2D eigenvalue weighted by atomic mass is 16.5. The predicted octanol–water partition coefficient (Wildman–Crippen LogP) is 7.96. The molecule has 0 fully saturated rings. The summed E-state index contributed by atoms with van der Waals surface area (Å²) in [4.78, 5) is 24.1. The van der Waals surface area contributed by atoms with Crippen molar-refractivity contribution in [3.8, 4) is 0 Å². The Kier molecular flexibility index (Phi) is 16.5. The number of ether oxygens (including phenoxy) is 1. The number of rotatable bonds is 20. The minimum atomic E-state index is -0.760. The number of nitrogens with one attached hydrogen (secondary N) is 1. The van der Waals surface area contributed by atoms with E-state index in [0.29, 0.717) is 12.2 Å². The Morgan fingerprint density at radius 3 is 1.69 bits per heavy atom. The second-order valence-corrected chi connectivity index (χ2v) is 8.94. The van der Waals surface area contributed by atoms with Gasteiger partial charge in [-0.3, -0.25) is 9.59 Å². The quantitative estimate of drug-likeness (QED) is 0.0957. The number of esters is 1. The number of carbonyl (C=O) groups is 2. The number of benzene rings is 1. The average Bonchev–Trinajstić information content (AvgIpc) is 2.81. The van der Waals surface area contributed by atoms with Crippen LogP contribution in [0.2, 0.25) is 0 Å². The molecule has 32 heavy (non-hydrogen) atoms. The highest BCUT2D eigenvalue weighted by molar-refractivity contribution is 6.08. The molecule has 1 N–H and O–H groups in total. The Bertz CT molecular complexity index is 612. The highest BCUT2D eigenvalue weighted by Crippen LogP contribution is 2.16. The first-order chi connectivity index (χ1) is 15.6. The largest absolute Gasteiger partial charge is 0.465 e. The van der Waals surface area contributed by atoms with Crippen molar-refractivity contribution in [2.75, 3.05) is 18.5 Å². The van der Waals surface area contributed by atoms with Crippen molar-refractivity contribution < 1.29 is 14.3 Å². The maximum Gasteiger partial charge on any atom is 0.316 e. The van der Waals surface area contributed by atoms with Crippen molar-refractivity contribution in [3.05, 3.63) is 29.8 Å². The van der Waals surface area contributed by atoms with Gasteiger partial charge < -0.3 is 10.1 Å². The topological polar surface area (TPSA) is 55.4 Å². The fourth-order valence-corrected chi connectivity index (χ4v) is 3.93. The molecule has 0 radical (unpaired) electrons. The third-order valence-electron chi connectivity index (χ3n) is 6.06. The molecule has 0 spiro atoms. The number of carbonyl (C=O) groups excluding carboxylic acids is 2.